The lowest BCUT2D eigenvalue weighted by Gasteiger charge is -2.30. The van der Waals surface area contributed by atoms with Crippen molar-refractivity contribution < 1.29 is 37.3 Å². The first kappa shape index (κ1) is 28.7. The maximum atomic E-state index is 13.7. The van der Waals surface area contributed by atoms with Crippen LogP contribution in [0.2, 0.25) is 0 Å². The number of alkyl halides is 2. The number of anilines is 1. The van der Waals surface area contributed by atoms with Crippen molar-refractivity contribution in [1.82, 2.24) is 15.3 Å². The van der Waals surface area contributed by atoms with Gasteiger partial charge in [-0.3, -0.25) is 9.59 Å². The number of hydrogen-bond acceptors (Lipinski definition) is 9. The summed E-state index contributed by atoms with van der Waals surface area (Å²) in [4.78, 5) is 34.6. The van der Waals surface area contributed by atoms with Crippen LogP contribution >= 0.6 is 11.3 Å². The number of nitrogen functional groups attached to an aromatic ring is 1. The van der Waals surface area contributed by atoms with E-state index >= 15 is 0 Å². The van der Waals surface area contributed by atoms with Crippen molar-refractivity contribution in [3.63, 3.8) is 0 Å². The number of nitrogens with zero attached hydrogens (tertiary/aromatic N) is 2. The lowest BCUT2D eigenvalue weighted by Crippen LogP contribution is -2.44. The number of nitrogens with one attached hydrogen (secondary N) is 1. The van der Waals surface area contributed by atoms with Gasteiger partial charge in [0.25, 0.3) is 5.91 Å². The maximum Gasteiger partial charge on any atom is 0.387 e. The molecule has 2 amide bonds. The highest BCUT2D eigenvalue weighted by Crippen LogP contribution is 2.50. The molecule has 1 saturated carbocycles. The summed E-state index contributed by atoms with van der Waals surface area (Å²) < 4.78 is 50.7. The quantitative estimate of drug-likeness (QED) is 0.221. The molecule has 6 N–H and O–H groups in total. The Bertz CT molecular complexity index is 1760. The molecule has 14 heteroatoms. The van der Waals surface area contributed by atoms with Gasteiger partial charge in [-0.2, -0.15) is 8.78 Å². The summed E-state index contributed by atoms with van der Waals surface area (Å²) in [5.41, 5.74) is 10.0. The average Bonchev–Trinajstić information content (AvgIpc) is 3.67. The molecular formula is C29H26F3N5O5S. The van der Waals surface area contributed by atoms with Crippen molar-refractivity contribution in [2.75, 3.05) is 18.9 Å². The molecule has 0 radical (unpaired) electrons. The van der Waals surface area contributed by atoms with Crippen molar-refractivity contribution in [2.45, 2.75) is 37.4 Å². The summed E-state index contributed by atoms with van der Waals surface area (Å²) >= 11 is 1.00. The van der Waals surface area contributed by atoms with Crippen LogP contribution in [0.25, 0.3) is 21.5 Å². The number of aliphatic hydroxyl groups is 1. The second-order valence-electron chi connectivity index (χ2n) is 10.9. The highest BCUT2D eigenvalue weighted by molar-refractivity contribution is 7.22. The second-order valence-corrected chi connectivity index (χ2v) is 11.9. The number of carbonyl (C=O) groups excluding carboxylic acids is 2. The van der Waals surface area contributed by atoms with Gasteiger partial charge in [0.05, 0.1) is 16.9 Å². The van der Waals surface area contributed by atoms with Gasteiger partial charge in [0.2, 0.25) is 5.91 Å². The number of nitrogens with two attached hydrogens (primary N) is 2. The van der Waals surface area contributed by atoms with Crippen LogP contribution in [0.4, 0.5) is 18.3 Å². The van der Waals surface area contributed by atoms with Gasteiger partial charge >= 0.3 is 6.61 Å². The predicted octanol–water partition coefficient (Wildman–Crippen LogP) is 3.84. The number of halogens is 3. The van der Waals surface area contributed by atoms with Crippen LogP contribution in [0.1, 0.15) is 41.4 Å². The van der Waals surface area contributed by atoms with E-state index in [-0.39, 0.29) is 52.4 Å². The minimum Gasteiger partial charge on any atom is -0.489 e. The summed E-state index contributed by atoms with van der Waals surface area (Å²) in [6.07, 6.45) is 1.28. The molecule has 10 nitrogen and oxygen atoms in total. The smallest absolute Gasteiger partial charge is 0.387 e. The van der Waals surface area contributed by atoms with Gasteiger partial charge in [0, 0.05) is 16.7 Å². The Kier molecular flexibility index (Phi) is 6.92. The van der Waals surface area contributed by atoms with E-state index in [9.17, 15) is 27.9 Å². The number of rotatable bonds is 9. The van der Waals surface area contributed by atoms with Crippen molar-refractivity contribution in [1.29, 1.82) is 0 Å². The number of hydrogen-bond donors (Lipinski definition) is 4. The molecule has 2 aromatic carbocycles. The Labute approximate surface area is 246 Å². The third-order valence-electron chi connectivity index (χ3n) is 7.90. The van der Waals surface area contributed by atoms with Gasteiger partial charge in [-0.05, 0) is 68.1 Å². The molecule has 43 heavy (non-hydrogen) atoms. The topological polar surface area (TPSA) is 163 Å². The van der Waals surface area contributed by atoms with Crippen molar-refractivity contribution in [3.8, 4) is 22.8 Å². The molecule has 224 valence electrons. The highest BCUT2D eigenvalue weighted by atomic mass is 32.1. The van der Waals surface area contributed by atoms with Crippen molar-refractivity contribution >= 4 is 38.5 Å². The summed E-state index contributed by atoms with van der Waals surface area (Å²) in [6.45, 7) is -1.88. The SMILES string of the molecule is C[C@]1(C(N)=O)COc2c1cc([C@@](O)(CNC(=O)c1cc(OC(F)F)c3nc(N)sc3c1)C1CC1)nc2-c1ccc(F)cc1. The minimum atomic E-state index is -3.15. The molecule has 3 heterocycles. The van der Waals surface area contributed by atoms with E-state index in [1.807, 2.05) is 0 Å². The summed E-state index contributed by atoms with van der Waals surface area (Å²) in [5.74, 6) is -2.07. The molecule has 6 rings (SSSR count). The Morgan fingerprint density at radius 2 is 1.95 bits per heavy atom. The van der Waals surface area contributed by atoms with Crippen molar-refractivity contribution in [3.05, 3.63) is 65.1 Å². The first-order valence-corrected chi connectivity index (χ1v) is 14.1. The molecule has 0 saturated heterocycles. The molecule has 2 aromatic heterocycles. The Morgan fingerprint density at radius 3 is 2.60 bits per heavy atom. The zero-order chi connectivity index (χ0) is 30.7. The van der Waals surface area contributed by atoms with Crippen LogP contribution in [0, 0.1) is 11.7 Å². The third-order valence-corrected chi connectivity index (χ3v) is 8.74. The molecule has 4 aromatic rings. The van der Waals surface area contributed by atoms with E-state index < -0.39 is 35.3 Å². The number of ether oxygens (including phenoxy) is 2. The maximum absolute atomic E-state index is 13.7. The van der Waals surface area contributed by atoms with Crippen LogP contribution in [0.15, 0.2) is 42.5 Å². The molecule has 0 spiro atoms. The molecule has 1 aliphatic heterocycles. The summed E-state index contributed by atoms with van der Waals surface area (Å²) in [7, 11) is 0. The van der Waals surface area contributed by atoms with E-state index in [2.05, 4.69) is 15.0 Å². The number of thiazole rings is 1. The molecule has 1 aliphatic carbocycles. The van der Waals surface area contributed by atoms with Crippen LogP contribution in [0.3, 0.4) is 0 Å². The zero-order valence-electron chi connectivity index (χ0n) is 22.7. The normalized spacial score (nSPS) is 19.1. The predicted molar refractivity (Wildman–Crippen MR) is 151 cm³/mol. The summed E-state index contributed by atoms with van der Waals surface area (Å²) in [6, 6.07) is 9.66. The van der Waals surface area contributed by atoms with Gasteiger partial charge in [-0.15, -0.1) is 0 Å². The Morgan fingerprint density at radius 1 is 1.23 bits per heavy atom. The molecule has 2 aliphatic rings. The standard InChI is InChI=1S/C29H26F3N5O5S/c1-28(25(33)39)12-41-23-17(28)10-20(36-21(23)13-2-6-16(30)7-3-13)29(40,15-4-5-15)11-35-24(38)14-8-18(42-26(31)32)22-19(9-14)43-27(34)37-22/h2-3,6-10,15,26,40H,4-5,11-12H2,1H3,(H2,33,39)(H2,34,37)(H,35,38)/t28-,29+/m0/s1. The number of carbonyl (C=O) groups is 2. The average molecular weight is 614 g/mol. The van der Waals surface area contributed by atoms with Crippen molar-refractivity contribution in [2.24, 2.45) is 11.7 Å². The van der Waals surface area contributed by atoms with Gasteiger partial charge in [0.1, 0.15) is 40.4 Å². The van der Waals surface area contributed by atoms with E-state index in [4.69, 9.17) is 21.2 Å². The fraction of sp³-hybridized carbons (Fsp3) is 0.310. The first-order valence-electron chi connectivity index (χ1n) is 13.3. The largest absolute Gasteiger partial charge is 0.489 e. The highest BCUT2D eigenvalue weighted by Gasteiger charge is 2.50. The van der Waals surface area contributed by atoms with Gasteiger partial charge in [-0.25, -0.2) is 14.4 Å². The molecule has 2 atom stereocenters. The third kappa shape index (κ3) is 5.10. The number of aromatic nitrogens is 2. The number of pyridine rings is 1. The number of amides is 2. The van der Waals surface area contributed by atoms with Crippen LogP contribution < -0.4 is 26.3 Å². The Hall–Kier alpha value is -4.43. The van der Waals surface area contributed by atoms with Gasteiger partial charge in [-0.1, -0.05) is 11.3 Å². The number of fused-ring (bicyclic) bond motifs is 2. The van der Waals surface area contributed by atoms with E-state index in [1.54, 1.807) is 13.0 Å². The lowest BCUT2D eigenvalue weighted by atomic mass is 9.81. The van der Waals surface area contributed by atoms with E-state index in [0.29, 0.717) is 34.4 Å². The molecule has 1 fully saturated rings. The monoisotopic (exact) mass is 613 g/mol. The van der Waals surface area contributed by atoms with Crippen LogP contribution in [-0.2, 0) is 15.8 Å². The fourth-order valence-electron chi connectivity index (χ4n) is 5.27. The van der Waals surface area contributed by atoms with Crippen LogP contribution in [-0.4, -0.2) is 46.7 Å². The molecular weight excluding hydrogens is 587 g/mol. The first-order chi connectivity index (χ1) is 20.4. The van der Waals surface area contributed by atoms with Gasteiger partial charge < -0.3 is 31.4 Å². The van der Waals surface area contributed by atoms with E-state index in [0.717, 1.165) is 17.4 Å². The summed E-state index contributed by atoms with van der Waals surface area (Å²) in [5, 5.41) is 14.9. The molecule has 0 bridgehead atoms. The van der Waals surface area contributed by atoms with Crippen LogP contribution in [0.5, 0.6) is 11.5 Å². The zero-order valence-corrected chi connectivity index (χ0v) is 23.5. The minimum absolute atomic E-state index is 0.00596. The number of primary amides is 1. The Balaban J connectivity index is 1.38. The fourth-order valence-corrected chi connectivity index (χ4v) is 6.06. The molecule has 0 unspecified atom stereocenters. The van der Waals surface area contributed by atoms with E-state index in [1.165, 1.54) is 30.3 Å². The number of benzene rings is 2. The van der Waals surface area contributed by atoms with Gasteiger partial charge in [0.15, 0.2) is 10.9 Å². The second kappa shape index (κ2) is 10.4. The lowest BCUT2D eigenvalue weighted by molar-refractivity contribution is -0.123.